The first-order chi connectivity index (χ1) is 15.2. The number of hydrogen-bond donors (Lipinski definition) is 1. The third kappa shape index (κ3) is 5.00. The molecular weight excluding hydrogens is 425 g/mol. The second-order valence-corrected chi connectivity index (χ2v) is 6.78. The Hall–Kier alpha value is -4.01. The van der Waals surface area contributed by atoms with E-state index in [1.54, 1.807) is 30.9 Å². The van der Waals surface area contributed by atoms with Gasteiger partial charge in [-0.25, -0.2) is 9.97 Å². The number of nitriles is 1. The molecule has 1 atom stereocenters. The molecule has 1 aromatic carbocycles. The molecule has 9 nitrogen and oxygen atoms in total. The number of anilines is 1. The highest BCUT2D eigenvalue weighted by molar-refractivity contribution is 5.98. The van der Waals surface area contributed by atoms with Gasteiger partial charge in [-0.05, 0) is 32.0 Å². The minimum Gasteiger partial charge on any atom is -0.352 e. The zero-order chi connectivity index (χ0) is 23.3. The van der Waals surface area contributed by atoms with Crippen molar-refractivity contribution in [2.24, 2.45) is 0 Å². The summed E-state index contributed by atoms with van der Waals surface area (Å²) in [5.41, 5.74) is 0.0336. The van der Waals surface area contributed by atoms with E-state index >= 15 is 0 Å². The summed E-state index contributed by atoms with van der Waals surface area (Å²) < 4.78 is 37.9. The van der Waals surface area contributed by atoms with E-state index in [1.807, 2.05) is 6.07 Å². The normalized spacial score (nSPS) is 12.1. The van der Waals surface area contributed by atoms with E-state index in [9.17, 15) is 23.2 Å². The number of carbonyl (C=O) groups excluding carboxylic acids is 1. The number of hydrogen-bond acceptors (Lipinski definition) is 7. The lowest BCUT2D eigenvalue weighted by molar-refractivity contribution is -0.138. The Morgan fingerprint density at radius 1 is 1.25 bits per heavy atom. The van der Waals surface area contributed by atoms with Crippen LogP contribution < -0.4 is 5.32 Å². The van der Waals surface area contributed by atoms with Gasteiger partial charge in [0.1, 0.15) is 0 Å². The van der Waals surface area contributed by atoms with Crippen molar-refractivity contribution in [1.29, 1.82) is 5.26 Å². The third-order valence-electron chi connectivity index (χ3n) is 4.66. The molecule has 3 aromatic rings. The summed E-state index contributed by atoms with van der Waals surface area (Å²) in [6, 6.07) is 6.28. The summed E-state index contributed by atoms with van der Waals surface area (Å²) in [4.78, 5) is 23.5. The first kappa shape index (κ1) is 22.7. The number of likely N-dealkylation sites (N-methyl/N-ethyl adjacent to an activating group) is 1. The zero-order valence-electron chi connectivity index (χ0n) is 17.2. The molecule has 2 heterocycles. The van der Waals surface area contributed by atoms with Gasteiger partial charge in [-0.15, -0.1) is 0 Å². The zero-order valence-corrected chi connectivity index (χ0v) is 17.2. The van der Waals surface area contributed by atoms with Crippen molar-refractivity contribution in [1.82, 2.24) is 29.9 Å². The average Bonchev–Trinajstić information content (AvgIpc) is 3.32. The molecule has 12 heteroatoms. The number of alkyl halides is 3. The van der Waals surface area contributed by atoms with Crippen LogP contribution in [0.1, 0.15) is 35.3 Å². The van der Waals surface area contributed by atoms with Crippen molar-refractivity contribution < 1.29 is 18.0 Å². The van der Waals surface area contributed by atoms with E-state index in [1.165, 1.54) is 23.3 Å². The van der Waals surface area contributed by atoms with E-state index in [4.69, 9.17) is 0 Å². The molecule has 0 radical (unpaired) electrons. The van der Waals surface area contributed by atoms with E-state index in [-0.39, 0.29) is 30.0 Å². The highest BCUT2D eigenvalue weighted by Gasteiger charge is 2.31. The van der Waals surface area contributed by atoms with Gasteiger partial charge in [0.2, 0.25) is 5.95 Å². The summed E-state index contributed by atoms with van der Waals surface area (Å²) in [7, 11) is 0. The van der Waals surface area contributed by atoms with Crippen LogP contribution in [0.2, 0.25) is 0 Å². The first-order valence-corrected chi connectivity index (χ1v) is 9.59. The average molecular weight is 444 g/mol. The fourth-order valence-corrected chi connectivity index (χ4v) is 3.02. The second-order valence-electron chi connectivity index (χ2n) is 6.78. The summed E-state index contributed by atoms with van der Waals surface area (Å²) in [5.74, 6) is -0.333. The minimum absolute atomic E-state index is 0.0151. The lowest BCUT2D eigenvalue weighted by atomic mass is 10.1. The summed E-state index contributed by atoms with van der Waals surface area (Å²) in [6.45, 7) is 4.11. The Balaban J connectivity index is 1.78. The molecule has 0 saturated heterocycles. The van der Waals surface area contributed by atoms with Gasteiger partial charge in [0.25, 0.3) is 5.91 Å². The van der Waals surface area contributed by atoms with Gasteiger partial charge in [0.15, 0.2) is 0 Å². The van der Waals surface area contributed by atoms with Crippen LogP contribution in [0, 0.1) is 11.3 Å². The Kier molecular flexibility index (Phi) is 6.67. The van der Waals surface area contributed by atoms with Crippen LogP contribution in [0.5, 0.6) is 0 Å². The number of nitrogens with zero attached hydrogens (tertiary/aromatic N) is 7. The van der Waals surface area contributed by atoms with Gasteiger partial charge in [-0.2, -0.15) is 33.4 Å². The van der Waals surface area contributed by atoms with Gasteiger partial charge in [0, 0.05) is 31.5 Å². The maximum Gasteiger partial charge on any atom is 0.419 e. The number of amides is 1. The Morgan fingerprint density at radius 2 is 1.91 bits per heavy atom. The lowest BCUT2D eigenvalue weighted by Crippen LogP contribution is -2.42. The molecule has 32 heavy (non-hydrogen) atoms. The first-order valence-electron chi connectivity index (χ1n) is 9.59. The van der Waals surface area contributed by atoms with Crippen LogP contribution in [-0.4, -0.2) is 54.9 Å². The fourth-order valence-electron chi connectivity index (χ4n) is 3.02. The second kappa shape index (κ2) is 9.42. The Morgan fingerprint density at radius 3 is 2.47 bits per heavy atom. The minimum atomic E-state index is -4.52. The van der Waals surface area contributed by atoms with Crippen LogP contribution >= 0.6 is 0 Å². The molecule has 0 fully saturated rings. The number of rotatable bonds is 7. The third-order valence-corrected chi connectivity index (χ3v) is 4.66. The topological polar surface area (TPSA) is 113 Å². The van der Waals surface area contributed by atoms with Crippen molar-refractivity contribution in [3.05, 3.63) is 59.7 Å². The lowest BCUT2D eigenvalue weighted by Gasteiger charge is -2.29. The van der Waals surface area contributed by atoms with Gasteiger partial charge < -0.3 is 10.2 Å². The van der Waals surface area contributed by atoms with Crippen molar-refractivity contribution >= 4 is 11.9 Å². The van der Waals surface area contributed by atoms with Crippen LogP contribution in [-0.2, 0) is 6.18 Å². The molecule has 1 amide bonds. The maximum atomic E-state index is 13.3. The van der Waals surface area contributed by atoms with E-state index in [2.05, 4.69) is 25.5 Å². The fraction of sp³-hybridized carbons (Fsp3) is 0.300. The number of benzene rings is 1. The van der Waals surface area contributed by atoms with Gasteiger partial charge in [-0.1, -0.05) is 0 Å². The molecule has 2 aromatic heterocycles. The van der Waals surface area contributed by atoms with Gasteiger partial charge in [0.05, 0.1) is 40.8 Å². The molecule has 0 aliphatic rings. The Labute approximate surface area is 181 Å². The molecule has 0 unspecified atom stereocenters. The quantitative estimate of drug-likeness (QED) is 0.596. The molecule has 0 spiro atoms. The molecular formula is C20H19F3N8O. The highest BCUT2D eigenvalue weighted by atomic mass is 19.4. The smallest absolute Gasteiger partial charge is 0.352 e. The molecule has 0 aliphatic carbocycles. The predicted molar refractivity (Wildman–Crippen MR) is 108 cm³/mol. The van der Waals surface area contributed by atoms with Crippen LogP contribution in [0.25, 0.3) is 5.69 Å². The van der Waals surface area contributed by atoms with E-state index in [0.717, 1.165) is 0 Å². The predicted octanol–water partition coefficient (Wildman–Crippen LogP) is 2.91. The van der Waals surface area contributed by atoms with E-state index in [0.29, 0.717) is 30.2 Å². The Bertz CT molecular complexity index is 1110. The number of halogens is 3. The molecule has 0 aliphatic heterocycles. The number of aromatic nitrogens is 5. The van der Waals surface area contributed by atoms with Crippen LogP contribution in [0.3, 0.4) is 0 Å². The van der Waals surface area contributed by atoms with E-state index < -0.39 is 11.7 Å². The highest BCUT2D eigenvalue weighted by Crippen LogP contribution is 2.28. The molecule has 0 bridgehead atoms. The van der Waals surface area contributed by atoms with Crippen molar-refractivity contribution in [2.75, 3.05) is 18.4 Å². The van der Waals surface area contributed by atoms with Crippen LogP contribution in [0.15, 0.2) is 43.0 Å². The molecule has 3 rings (SSSR count). The largest absolute Gasteiger partial charge is 0.419 e. The summed E-state index contributed by atoms with van der Waals surface area (Å²) in [5, 5.41) is 20.2. The standard InChI is InChI=1S/C20H19F3N8O/c1-3-30(13(2)10-25-19-26-11-15(12-27-19)20(21,22)23)18(32)16-8-14(9-24)4-5-17(16)31-28-6-7-29-31/h4-8,11-13H,3,10H2,1-2H3,(H,25,26,27)/t13-/m0/s1. The molecule has 0 saturated carbocycles. The maximum absolute atomic E-state index is 13.3. The van der Waals surface area contributed by atoms with Crippen LogP contribution in [0.4, 0.5) is 19.1 Å². The van der Waals surface area contributed by atoms with Crippen molar-refractivity contribution in [3.8, 4) is 11.8 Å². The van der Waals surface area contributed by atoms with Gasteiger partial charge >= 0.3 is 6.18 Å². The molecule has 166 valence electrons. The van der Waals surface area contributed by atoms with Gasteiger partial charge in [-0.3, -0.25) is 4.79 Å². The van der Waals surface area contributed by atoms with Crippen molar-refractivity contribution in [3.63, 3.8) is 0 Å². The SMILES string of the molecule is CCN(C(=O)c1cc(C#N)ccc1-n1nccn1)[C@@H](C)CNc1ncc(C(F)(F)F)cn1. The summed E-state index contributed by atoms with van der Waals surface area (Å²) >= 11 is 0. The molecule has 1 N–H and O–H groups in total. The van der Waals surface area contributed by atoms with Crippen molar-refractivity contribution in [2.45, 2.75) is 26.1 Å². The monoisotopic (exact) mass is 444 g/mol. The summed E-state index contributed by atoms with van der Waals surface area (Å²) in [6.07, 6.45) is -0.184. The number of carbonyl (C=O) groups is 1. The number of nitrogens with one attached hydrogen (secondary N) is 1.